The van der Waals surface area contributed by atoms with Crippen LogP contribution in [0.3, 0.4) is 0 Å². The number of hydrogen-bond donors (Lipinski definition) is 1. The Hall–Kier alpha value is -1.11. The summed E-state index contributed by atoms with van der Waals surface area (Å²) in [7, 11) is -3.26. The van der Waals surface area contributed by atoms with Crippen LogP contribution in [0.25, 0.3) is 0 Å². The lowest BCUT2D eigenvalue weighted by Crippen LogP contribution is -2.39. The highest BCUT2D eigenvalue weighted by Crippen LogP contribution is 2.09. The van der Waals surface area contributed by atoms with Crippen molar-refractivity contribution in [2.45, 2.75) is 13.8 Å². The van der Waals surface area contributed by atoms with Crippen molar-refractivity contribution in [1.29, 1.82) is 0 Å². The highest BCUT2D eigenvalue weighted by Gasteiger charge is 2.17. The molecule has 0 aliphatic carbocycles. The van der Waals surface area contributed by atoms with E-state index in [1.54, 1.807) is 24.3 Å². The molecule has 5 nitrogen and oxygen atoms in total. The van der Waals surface area contributed by atoms with Crippen LogP contribution in [0.15, 0.2) is 24.3 Å². The highest BCUT2D eigenvalue weighted by molar-refractivity contribution is 7.88. The van der Waals surface area contributed by atoms with Crippen LogP contribution in [-0.4, -0.2) is 44.5 Å². The van der Waals surface area contributed by atoms with Gasteiger partial charge in [0, 0.05) is 30.2 Å². The van der Waals surface area contributed by atoms with Crippen molar-refractivity contribution in [2.75, 3.05) is 25.9 Å². The lowest BCUT2D eigenvalue weighted by Gasteiger charge is -2.22. The molecule has 0 radical (unpaired) electrons. The average Bonchev–Trinajstić information content (AvgIpc) is 2.36. The number of amides is 1. The van der Waals surface area contributed by atoms with Crippen molar-refractivity contribution in [3.63, 3.8) is 0 Å². The van der Waals surface area contributed by atoms with E-state index in [-0.39, 0.29) is 24.9 Å². The lowest BCUT2D eigenvalue weighted by molar-refractivity contribution is 0.0951. The maximum Gasteiger partial charge on any atom is 0.251 e. The van der Waals surface area contributed by atoms with E-state index in [2.05, 4.69) is 5.32 Å². The number of benzene rings is 1. The number of nitrogens with zero attached hydrogens (tertiary/aromatic N) is 1. The van der Waals surface area contributed by atoms with E-state index < -0.39 is 10.0 Å². The predicted molar refractivity (Wildman–Crippen MR) is 85.0 cm³/mol. The number of rotatable bonds is 7. The second kappa shape index (κ2) is 7.77. The van der Waals surface area contributed by atoms with Crippen LogP contribution >= 0.6 is 11.6 Å². The fraction of sp³-hybridized carbons (Fsp3) is 0.500. The highest BCUT2D eigenvalue weighted by atomic mass is 35.5. The normalized spacial score (nSPS) is 11.9. The second-order valence-corrected chi connectivity index (χ2v) is 7.70. The number of hydrogen-bond acceptors (Lipinski definition) is 3. The van der Waals surface area contributed by atoms with Crippen LogP contribution in [0.4, 0.5) is 0 Å². The Morgan fingerprint density at radius 1 is 1.29 bits per heavy atom. The van der Waals surface area contributed by atoms with Gasteiger partial charge in [-0.1, -0.05) is 25.4 Å². The predicted octanol–water partition coefficient (Wildman–Crippen LogP) is 1.99. The van der Waals surface area contributed by atoms with E-state index in [0.717, 1.165) is 0 Å². The van der Waals surface area contributed by atoms with Crippen molar-refractivity contribution in [1.82, 2.24) is 9.62 Å². The molecule has 1 rings (SSSR count). The smallest absolute Gasteiger partial charge is 0.251 e. The van der Waals surface area contributed by atoms with Crippen LogP contribution in [-0.2, 0) is 10.0 Å². The zero-order chi connectivity index (χ0) is 16.0. The lowest BCUT2D eigenvalue weighted by atomic mass is 10.2. The Morgan fingerprint density at radius 3 is 2.33 bits per heavy atom. The molecule has 0 aromatic heterocycles. The van der Waals surface area contributed by atoms with Crippen LogP contribution in [0, 0.1) is 5.92 Å². The molecular formula is C14H21ClN2O3S. The molecule has 0 saturated heterocycles. The van der Waals surface area contributed by atoms with Crippen LogP contribution in [0.2, 0.25) is 5.02 Å². The third-order valence-corrected chi connectivity index (χ3v) is 4.31. The van der Waals surface area contributed by atoms with Crippen LogP contribution < -0.4 is 5.32 Å². The molecule has 21 heavy (non-hydrogen) atoms. The zero-order valence-electron chi connectivity index (χ0n) is 12.5. The molecule has 0 saturated carbocycles. The molecule has 0 aliphatic rings. The molecule has 1 aromatic rings. The summed E-state index contributed by atoms with van der Waals surface area (Å²) in [5.41, 5.74) is 0.495. The number of nitrogens with one attached hydrogen (secondary N) is 1. The van der Waals surface area contributed by atoms with E-state index in [1.807, 2.05) is 13.8 Å². The average molecular weight is 333 g/mol. The Bertz CT molecular complexity index is 570. The second-order valence-electron chi connectivity index (χ2n) is 5.28. The standard InChI is InChI=1S/C14H21ClN2O3S/c1-11(2)10-17(21(3,19)20)9-8-16-14(18)12-4-6-13(15)7-5-12/h4-7,11H,8-10H2,1-3H3,(H,16,18). The Balaban J connectivity index is 2.54. The van der Waals surface area contributed by atoms with Crippen molar-refractivity contribution < 1.29 is 13.2 Å². The summed E-state index contributed by atoms with van der Waals surface area (Å²) >= 11 is 5.76. The van der Waals surface area contributed by atoms with E-state index >= 15 is 0 Å². The van der Waals surface area contributed by atoms with Crippen molar-refractivity contribution in [3.05, 3.63) is 34.9 Å². The molecule has 1 N–H and O–H groups in total. The van der Waals surface area contributed by atoms with Gasteiger partial charge >= 0.3 is 0 Å². The third-order valence-electron chi connectivity index (χ3n) is 2.79. The molecule has 0 aliphatic heterocycles. The molecule has 0 fully saturated rings. The number of carbonyl (C=O) groups excluding carboxylic acids is 1. The van der Waals surface area contributed by atoms with Crippen LogP contribution in [0.5, 0.6) is 0 Å². The van der Waals surface area contributed by atoms with Gasteiger partial charge in [-0.3, -0.25) is 4.79 Å². The first-order valence-corrected chi connectivity index (χ1v) is 8.91. The molecule has 7 heteroatoms. The molecule has 1 aromatic carbocycles. The van der Waals surface area contributed by atoms with Gasteiger partial charge in [0.1, 0.15) is 0 Å². The van der Waals surface area contributed by atoms with Crippen molar-refractivity contribution >= 4 is 27.5 Å². The maximum atomic E-state index is 11.9. The minimum atomic E-state index is -3.26. The Kier molecular flexibility index (Phi) is 6.64. The van der Waals surface area contributed by atoms with Gasteiger partial charge in [-0.25, -0.2) is 12.7 Å². The van der Waals surface area contributed by atoms with Gasteiger partial charge in [-0.2, -0.15) is 0 Å². The first-order chi connectivity index (χ1) is 9.70. The quantitative estimate of drug-likeness (QED) is 0.830. The summed E-state index contributed by atoms with van der Waals surface area (Å²) in [4.78, 5) is 11.9. The summed E-state index contributed by atoms with van der Waals surface area (Å²) in [6.45, 7) is 4.86. The molecule has 118 valence electrons. The molecule has 1 amide bonds. The summed E-state index contributed by atoms with van der Waals surface area (Å²) in [6.07, 6.45) is 1.18. The van der Waals surface area contributed by atoms with E-state index in [4.69, 9.17) is 11.6 Å². The van der Waals surface area contributed by atoms with Gasteiger partial charge in [0.15, 0.2) is 0 Å². The number of carbonyl (C=O) groups is 1. The Morgan fingerprint density at radius 2 is 1.86 bits per heavy atom. The first kappa shape index (κ1) is 17.9. The summed E-state index contributed by atoms with van der Waals surface area (Å²) < 4.78 is 24.7. The summed E-state index contributed by atoms with van der Waals surface area (Å²) in [6, 6.07) is 6.52. The van der Waals surface area contributed by atoms with Gasteiger partial charge in [0.25, 0.3) is 5.91 Å². The van der Waals surface area contributed by atoms with Crippen molar-refractivity contribution in [3.8, 4) is 0 Å². The molecule has 0 bridgehead atoms. The van der Waals surface area contributed by atoms with E-state index in [1.165, 1.54) is 10.6 Å². The van der Waals surface area contributed by atoms with Gasteiger partial charge < -0.3 is 5.32 Å². The van der Waals surface area contributed by atoms with E-state index in [9.17, 15) is 13.2 Å². The molecular weight excluding hydrogens is 312 g/mol. The maximum absolute atomic E-state index is 11.9. The van der Waals surface area contributed by atoms with E-state index in [0.29, 0.717) is 17.1 Å². The summed E-state index contributed by atoms with van der Waals surface area (Å²) in [5.74, 6) is -0.0173. The molecule has 0 atom stereocenters. The first-order valence-electron chi connectivity index (χ1n) is 6.69. The largest absolute Gasteiger partial charge is 0.351 e. The Labute approximate surface area is 131 Å². The van der Waals surface area contributed by atoms with Gasteiger partial charge in [-0.15, -0.1) is 0 Å². The third kappa shape index (κ3) is 6.46. The van der Waals surface area contributed by atoms with Gasteiger partial charge in [0.05, 0.1) is 6.26 Å². The molecule has 0 spiro atoms. The van der Waals surface area contributed by atoms with Crippen molar-refractivity contribution in [2.24, 2.45) is 5.92 Å². The molecule has 0 unspecified atom stereocenters. The number of halogens is 1. The van der Waals surface area contributed by atoms with Gasteiger partial charge in [0.2, 0.25) is 10.0 Å². The zero-order valence-corrected chi connectivity index (χ0v) is 14.0. The fourth-order valence-electron chi connectivity index (χ4n) is 1.80. The minimum absolute atomic E-state index is 0.228. The fourth-order valence-corrected chi connectivity index (χ4v) is 2.92. The SMILES string of the molecule is CC(C)CN(CCNC(=O)c1ccc(Cl)cc1)S(C)(=O)=O. The van der Waals surface area contributed by atoms with Crippen LogP contribution in [0.1, 0.15) is 24.2 Å². The van der Waals surface area contributed by atoms with Gasteiger partial charge in [-0.05, 0) is 30.2 Å². The topological polar surface area (TPSA) is 66.5 Å². The number of sulfonamides is 1. The summed E-state index contributed by atoms with van der Waals surface area (Å²) in [5, 5.41) is 3.27. The molecule has 0 heterocycles. The monoisotopic (exact) mass is 332 g/mol. The minimum Gasteiger partial charge on any atom is -0.351 e.